The Balaban J connectivity index is 2.29. The molecular weight excluding hydrogens is 242 g/mol. The van der Waals surface area contributed by atoms with Gasteiger partial charge in [-0.05, 0) is 30.5 Å². The van der Waals surface area contributed by atoms with Crippen molar-refractivity contribution < 1.29 is 9.47 Å². The van der Waals surface area contributed by atoms with Gasteiger partial charge >= 0.3 is 0 Å². The molecule has 4 N–H and O–H groups in total. The topological polar surface area (TPSA) is 82.9 Å². The highest BCUT2D eigenvalue weighted by atomic mass is 16.5. The van der Waals surface area contributed by atoms with Crippen LogP contribution in [0.3, 0.4) is 0 Å². The smallest absolute Gasteiger partial charge is 0.128 e. The van der Waals surface area contributed by atoms with Crippen LogP contribution in [0.2, 0.25) is 0 Å². The Kier molecular flexibility index (Phi) is 7.12. The Morgan fingerprint density at radius 2 is 2.05 bits per heavy atom. The molecule has 0 saturated carbocycles. The van der Waals surface area contributed by atoms with Gasteiger partial charge in [0.2, 0.25) is 0 Å². The number of aliphatic imine (C=N–C) groups is 1. The molecule has 104 valence electrons. The van der Waals surface area contributed by atoms with Crippen molar-refractivity contribution in [2.75, 3.05) is 20.3 Å². The molecule has 0 radical (unpaired) electrons. The second-order valence-corrected chi connectivity index (χ2v) is 3.90. The first-order chi connectivity index (χ1) is 9.30. The van der Waals surface area contributed by atoms with Crippen LogP contribution in [0.25, 0.3) is 0 Å². The van der Waals surface area contributed by atoms with Crippen molar-refractivity contribution in [2.45, 2.75) is 12.8 Å². The monoisotopic (exact) mass is 263 g/mol. The maximum atomic E-state index is 5.52. The van der Waals surface area contributed by atoms with Crippen LogP contribution in [-0.2, 0) is 11.2 Å². The molecule has 0 aliphatic heterocycles. The van der Waals surface area contributed by atoms with Gasteiger partial charge in [-0.15, -0.1) is 0 Å². The lowest BCUT2D eigenvalue weighted by atomic mass is 10.1. The van der Waals surface area contributed by atoms with E-state index in [1.165, 1.54) is 18.1 Å². The highest BCUT2D eigenvalue weighted by molar-refractivity contribution is 5.52. The van der Waals surface area contributed by atoms with Gasteiger partial charge < -0.3 is 20.9 Å². The summed E-state index contributed by atoms with van der Waals surface area (Å²) in [5, 5.41) is 0. The lowest BCUT2D eigenvalue weighted by Crippen LogP contribution is -2.08. The zero-order valence-corrected chi connectivity index (χ0v) is 11.2. The average molecular weight is 263 g/mol. The summed E-state index contributed by atoms with van der Waals surface area (Å²) in [5.41, 5.74) is 11.9. The minimum Gasteiger partial charge on any atom is -0.497 e. The van der Waals surface area contributed by atoms with Crippen LogP contribution in [0.5, 0.6) is 5.75 Å². The normalized spacial score (nSPS) is 11.8. The first-order valence-electron chi connectivity index (χ1n) is 6.18. The number of methoxy groups -OCH3 is 1. The van der Waals surface area contributed by atoms with Crippen molar-refractivity contribution in [3.63, 3.8) is 0 Å². The van der Waals surface area contributed by atoms with E-state index >= 15 is 0 Å². The van der Waals surface area contributed by atoms with Crippen LogP contribution in [0.1, 0.15) is 12.0 Å². The van der Waals surface area contributed by atoms with E-state index in [-0.39, 0.29) is 0 Å². The molecule has 0 aromatic heterocycles. The van der Waals surface area contributed by atoms with Gasteiger partial charge in [-0.1, -0.05) is 12.1 Å². The number of ether oxygens (including phenoxy) is 2. The SMILES string of the molecule is COc1ccc(CCCO/C(=C/N=C\N)CN)cc1. The lowest BCUT2D eigenvalue weighted by molar-refractivity contribution is 0.205. The quantitative estimate of drug-likeness (QED) is 0.322. The Bertz CT molecular complexity index is 413. The second kappa shape index (κ2) is 8.99. The minimum absolute atomic E-state index is 0.319. The van der Waals surface area contributed by atoms with Gasteiger partial charge in [0.15, 0.2) is 0 Å². The summed E-state index contributed by atoms with van der Waals surface area (Å²) in [6, 6.07) is 8.02. The van der Waals surface area contributed by atoms with E-state index in [9.17, 15) is 0 Å². The molecule has 5 heteroatoms. The minimum atomic E-state index is 0.319. The van der Waals surface area contributed by atoms with E-state index < -0.39 is 0 Å². The van der Waals surface area contributed by atoms with Gasteiger partial charge in [-0.25, -0.2) is 4.99 Å². The summed E-state index contributed by atoms with van der Waals surface area (Å²) >= 11 is 0. The van der Waals surface area contributed by atoms with Gasteiger partial charge in [-0.2, -0.15) is 0 Å². The fourth-order valence-corrected chi connectivity index (χ4v) is 1.55. The van der Waals surface area contributed by atoms with Crippen LogP contribution in [0, 0.1) is 0 Å². The summed E-state index contributed by atoms with van der Waals surface area (Å²) in [6.07, 6.45) is 4.60. The molecule has 0 bridgehead atoms. The molecule has 19 heavy (non-hydrogen) atoms. The van der Waals surface area contributed by atoms with Crippen molar-refractivity contribution >= 4 is 6.34 Å². The highest BCUT2D eigenvalue weighted by Gasteiger charge is 1.97. The molecule has 0 atom stereocenters. The molecular formula is C14H21N3O2. The molecule has 1 rings (SSSR count). The Morgan fingerprint density at radius 3 is 2.63 bits per heavy atom. The van der Waals surface area contributed by atoms with E-state index in [0.717, 1.165) is 18.6 Å². The van der Waals surface area contributed by atoms with Crippen molar-refractivity contribution in [3.05, 3.63) is 41.8 Å². The molecule has 0 heterocycles. The van der Waals surface area contributed by atoms with E-state index in [0.29, 0.717) is 18.9 Å². The second-order valence-electron chi connectivity index (χ2n) is 3.90. The number of benzene rings is 1. The molecule has 0 saturated heterocycles. The number of nitrogens with zero attached hydrogens (tertiary/aromatic N) is 1. The third-order valence-corrected chi connectivity index (χ3v) is 2.56. The maximum absolute atomic E-state index is 5.52. The van der Waals surface area contributed by atoms with Crippen LogP contribution >= 0.6 is 0 Å². The molecule has 0 unspecified atom stereocenters. The van der Waals surface area contributed by atoms with Crippen molar-refractivity contribution in [3.8, 4) is 5.75 Å². The molecule has 0 aliphatic carbocycles. The van der Waals surface area contributed by atoms with Gasteiger partial charge in [0.1, 0.15) is 11.5 Å². The molecule has 0 amide bonds. The third-order valence-electron chi connectivity index (χ3n) is 2.56. The molecule has 1 aromatic rings. The van der Waals surface area contributed by atoms with Crippen LogP contribution in [0.15, 0.2) is 41.2 Å². The Hall–Kier alpha value is -2.01. The number of hydrogen-bond acceptors (Lipinski definition) is 4. The molecule has 0 spiro atoms. The Labute approximate surface area is 113 Å². The predicted octanol–water partition coefficient (Wildman–Crippen LogP) is 1.43. The first-order valence-corrected chi connectivity index (χ1v) is 6.18. The first kappa shape index (κ1) is 15.0. The predicted molar refractivity (Wildman–Crippen MR) is 77.1 cm³/mol. The van der Waals surface area contributed by atoms with E-state index in [2.05, 4.69) is 17.1 Å². The zero-order chi connectivity index (χ0) is 13.9. The third kappa shape index (κ3) is 5.92. The number of aryl methyl sites for hydroxylation is 1. The molecule has 1 aromatic carbocycles. The number of nitrogens with two attached hydrogens (primary N) is 2. The summed E-state index contributed by atoms with van der Waals surface area (Å²) in [6.45, 7) is 0.926. The van der Waals surface area contributed by atoms with Crippen LogP contribution in [-0.4, -0.2) is 26.6 Å². The van der Waals surface area contributed by atoms with Gasteiger partial charge in [0.25, 0.3) is 0 Å². The van der Waals surface area contributed by atoms with E-state index in [4.69, 9.17) is 20.9 Å². The molecule has 5 nitrogen and oxygen atoms in total. The van der Waals surface area contributed by atoms with Gasteiger partial charge in [-0.3, -0.25) is 0 Å². The largest absolute Gasteiger partial charge is 0.497 e. The number of hydrogen-bond donors (Lipinski definition) is 2. The summed E-state index contributed by atoms with van der Waals surface area (Å²) in [5.74, 6) is 1.50. The van der Waals surface area contributed by atoms with E-state index in [1.54, 1.807) is 7.11 Å². The fourth-order valence-electron chi connectivity index (χ4n) is 1.55. The van der Waals surface area contributed by atoms with Gasteiger partial charge in [0.05, 0.1) is 32.8 Å². The fraction of sp³-hybridized carbons (Fsp3) is 0.357. The average Bonchev–Trinajstić information content (AvgIpc) is 2.47. The van der Waals surface area contributed by atoms with E-state index in [1.807, 2.05) is 12.1 Å². The number of rotatable bonds is 8. The maximum Gasteiger partial charge on any atom is 0.128 e. The summed E-state index contributed by atoms with van der Waals surface area (Å²) < 4.78 is 10.6. The van der Waals surface area contributed by atoms with Crippen molar-refractivity contribution in [1.82, 2.24) is 0 Å². The lowest BCUT2D eigenvalue weighted by Gasteiger charge is -2.08. The standard InChI is InChI=1S/C14H21N3O2/c1-18-13-6-4-12(5-7-13)3-2-8-19-14(9-15)10-17-11-16/h4-7,10-11H,2-3,8-9,15H2,1H3,(H2,16,17)/b14-10+. The Morgan fingerprint density at radius 1 is 1.32 bits per heavy atom. The molecule has 0 fully saturated rings. The van der Waals surface area contributed by atoms with Crippen LogP contribution in [0.4, 0.5) is 0 Å². The van der Waals surface area contributed by atoms with Gasteiger partial charge in [0, 0.05) is 0 Å². The van der Waals surface area contributed by atoms with Crippen molar-refractivity contribution in [2.24, 2.45) is 16.5 Å². The highest BCUT2D eigenvalue weighted by Crippen LogP contribution is 2.12. The zero-order valence-electron chi connectivity index (χ0n) is 11.2. The van der Waals surface area contributed by atoms with Crippen LogP contribution < -0.4 is 16.2 Å². The summed E-state index contributed by atoms with van der Waals surface area (Å²) in [4.78, 5) is 3.77. The summed E-state index contributed by atoms with van der Waals surface area (Å²) in [7, 11) is 1.66. The molecule has 0 aliphatic rings. The van der Waals surface area contributed by atoms with Crippen molar-refractivity contribution in [1.29, 1.82) is 0 Å².